The maximum atomic E-state index is 11.4. The molecule has 1 spiro atoms. The van der Waals surface area contributed by atoms with Crippen molar-refractivity contribution in [2.75, 3.05) is 18.1 Å². The highest BCUT2D eigenvalue weighted by Gasteiger charge is 2.41. The van der Waals surface area contributed by atoms with Gasteiger partial charge in [0, 0.05) is 18.6 Å². The summed E-state index contributed by atoms with van der Waals surface area (Å²) in [6.07, 6.45) is 2.78. The minimum Gasteiger partial charge on any atom is -0.489 e. The molecule has 2 fully saturated rings. The third-order valence-corrected chi connectivity index (χ3v) is 5.46. The van der Waals surface area contributed by atoms with Crippen molar-refractivity contribution in [3.05, 3.63) is 29.3 Å². The Morgan fingerprint density at radius 2 is 2.38 bits per heavy atom. The van der Waals surface area contributed by atoms with Crippen LogP contribution < -0.4 is 4.74 Å². The van der Waals surface area contributed by atoms with Gasteiger partial charge < -0.3 is 14.6 Å². The first-order valence-corrected chi connectivity index (χ1v) is 8.46. The van der Waals surface area contributed by atoms with Gasteiger partial charge >= 0.3 is 5.97 Å². The molecule has 5 heteroatoms. The number of hydrogen-bond donors (Lipinski definition) is 1. The van der Waals surface area contributed by atoms with E-state index in [0.717, 1.165) is 36.3 Å². The summed E-state index contributed by atoms with van der Waals surface area (Å²) >= 11 is 1.92. The molecule has 114 valence electrons. The minimum atomic E-state index is -0.938. The van der Waals surface area contributed by atoms with Crippen molar-refractivity contribution >= 4 is 17.7 Å². The Morgan fingerprint density at radius 1 is 1.52 bits per heavy atom. The highest BCUT2D eigenvalue weighted by atomic mass is 32.2. The number of carboxylic acid groups (broad SMARTS) is 1. The van der Waals surface area contributed by atoms with Gasteiger partial charge in [0.1, 0.15) is 17.4 Å². The Bertz CT molecular complexity index is 537. The zero-order valence-corrected chi connectivity index (χ0v) is 12.9. The van der Waals surface area contributed by atoms with Crippen LogP contribution in [0.2, 0.25) is 0 Å². The Labute approximate surface area is 128 Å². The van der Waals surface area contributed by atoms with Gasteiger partial charge in [-0.25, -0.2) is 4.79 Å². The number of thioether (sulfide) groups is 1. The summed E-state index contributed by atoms with van der Waals surface area (Å²) in [5.74, 6) is 1.73. The quantitative estimate of drug-likeness (QED) is 0.929. The molecule has 2 heterocycles. The summed E-state index contributed by atoms with van der Waals surface area (Å²) in [6, 6.07) is 5.25. The van der Waals surface area contributed by atoms with Crippen molar-refractivity contribution in [2.45, 2.75) is 37.9 Å². The average Bonchev–Trinajstić information content (AvgIpc) is 2.89. The standard InChI is InChI=1S/C16H20O4S/c1-11-3-2-4-13(15(17)18)14(11)20-12-5-7-19-16(9-12)6-8-21-10-16/h2-4,12H,5-10H2,1H3,(H,17,18). The molecule has 2 aliphatic rings. The molecule has 0 radical (unpaired) electrons. The highest BCUT2D eigenvalue weighted by molar-refractivity contribution is 7.99. The van der Waals surface area contributed by atoms with Gasteiger partial charge in [0.25, 0.3) is 0 Å². The monoisotopic (exact) mass is 308 g/mol. The largest absolute Gasteiger partial charge is 0.489 e. The van der Waals surface area contributed by atoms with Gasteiger partial charge in [0.05, 0.1) is 12.2 Å². The molecule has 1 N–H and O–H groups in total. The molecule has 21 heavy (non-hydrogen) atoms. The van der Waals surface area contributed by atoms with E-state index in [9.17, 15) is 9.90 Å². The lowest BCUT2D eigenvalue weighted by molar-refractivity contribution is -0.0960. The van der Waals surface area contributed by atoms with E-state index >= 15 is 0 Å². The van der Waals surface area contributed by atoms with E-state index in [-0.39, 0.29) is 17.3 Å². The Kier molecular flexibility index (Phi) is 4.13. The van der Waals surface area contributed by atoms with Crippen LogP contribution in [0.15, 0.2) is 18.2 Å². The Balaban J connectivity index is 1.79. The van der Waals surface area contributed by atoms with Crippen LogP contribution in [0.5, 0.6) is 5.75 Å². The number of carbonyl (C=O) groups is 1. The maximum Gasteiger partial charge on any atom is 0.339 e. The van der Waals surface area contributed by atoms with Gasteiger partial charge in [-0.2, -0.15) is 11.8 Å². The molecule has 0 saturated carbocycles. The maximum absolute atomic E-state index is 11.4. The number of aromatic carboxylic acids is 1. The average molecular weight is 308 g/mol. The second-order valence-electron chi connectivity index (χ2n) is 5.82. The van der Waals surface area contributed by atoms with Crippen molar-refractivity contribution in [2.24, 2.45) is 0 Å². The number of hydrogen-bond acceptors (Lipinski definition) is 4. The summed E-state index contributed by atoms with van der Waals surface area (Å²) in [4.78, 5) is 11.4. The lowest BCUT2D eigenvalue weighted by Gasteiger charge is -2.38. The fourth-order valence-electron chi connectivity index (χ4n) is 3.09. The van der Waals surface area contributed by atoms with Gasteiger partial charge in [0.2, 0.25) is 0 Å². The lowest BCUT2D eigenvalue weighted by atomic mass is 9.91. The first-order valence-electron chi connectivity index (χ1n) is 7.31. The number of para-hydroxylation sites is 1. The smallest absolute Gasteiger partial charge is 0.339 e. The summed E-state index contributed by atoms with van der Waals surface area (Å²) in [6.45, 7) is 2.59. The molecular formula is C16H20O4S. The van der Waals surface area contributed by atoms with Crippen LogP contribution in [-0.2, 0) is 4.74 Å². The van der Waals surface area contributed by atoms with Crippen LogP contribution in [0.25, 0.3) is 0 Å². The van der Waals surface area contributed by atoms with Crippen molar-refractivity contribution in [3.8, 4) is 5.75 Å². The SMILES string of the molecule is Cc1cccc(C(=O)O)c1OC1CCOC2(CCSC2)C1. The first kappa shape index (κ1) is 14.7. The predicted molar refractivity (Wildman–Crippen MR) is 82.4 cm³/mol. The van der Waals surface area contributed by atoms with Crippen LogP contribution in [0.4, 0.5) is 0 Å². The second-order valence-corrected chi connectivity index (χ2v) is 6.93. The van der Waals surface area contributed by atoms with E-state index in [4.69, 9.17) is 9.47 Å². The number of rotatable bonds is 3. The van der Waals surface area contributed by atoms with E-state index in [1.54, 1.807) is 12.1 Å². The third kappa shape index (κ3) is 3.04. The van der Waals surface area contributed by atoms with Gasteiger partial charge in [-0.1, -0.05) is 12.1 Å². The Hall–Kier alpha value is -1.20. The van der Waals surface area contributed by atoms with Gasteiger partial charge in [-0.15, -0.1) is 0 Å². The molecule has 0 aromatic heterocycles. The van der Waals surface area contributed by atoms with Crippen molar-refractivity contribution in [1.82, 2.24) is 0 Å². The lowest BCUT2D eigenvalue weighted by Crippen LogP contribution is -2.44. The molecule has 2 atom stereocenters. The molecule has 2 unspecified atom stereocenters. The van der Waals surface area contributed by atoms with Gasteiger partial charge in [-0.3, -0.25) is 0 Å². The number of benzene rings is 1. The molecule has 0 amide bonds. The molecular weight excluding hydrogens is 288 g/mol. The molecule has 2 saturated heterocycles. The highest BCUT2D eigenvalue weighted by Crippen LogP contribution is 2.39. The zero-order chi connectivity index (χ0) is 14.9. The van der Waals surface area contributed by atoms with Crippen molar-refractivity contribution < 1.29 is 19.4 Å². The summed E-state index contributed by atoms with van der Waals surface area (Å²) in [7, 11) is 0. The molecule has 0 bridgehead atoms. The predicted octanol–water partition coefficient (Wildman–Crippen LogP) is 3.13. The normalized spacial score (nSPS) is 28.7. The zero-order valence-electron chi connectivity index (χ0n) is 12.1. The summed E-state index contributed by atoms with van der Waals surface area (Å²) < 4.78 is 12.1. The van der Waals surface area contributed by atoms with E-state index in [0.29, 0.717) is 12.4 Å². The van der Waals surface area contributed by atoms with E-state index in [1.807, 2.05) is 24.8 Å². The van der Waals surface area contributed by atoms with E-state index < -0.39 is 5.97 Å². The first-order chi connectivity index (χ1) is 10.1. The Morgan fingerprint density at radius 3 is 3.10 bits per heavy atom. The van der Waals surface area contributed by atoms with Crippen LogP contribution in [0.1, 0.15) is 35.2 Å². The number of carboxylic acids is 1. The van der Waals surface area contributed by atoms with Crippen LogP contribution >= 0.6 is 11.8 Å². The molecule has 3 rings (SSSR count). The van der Waals surface area contributed by atoms with Crippen LogP contribution in [0.3, 0.4) is 0 Å². The third-order valence-electron chi connectivity index (χ3n) is 4.24. The molecule has 2 aliphatic heterocycles. The van der Waals surface area contributed by atoms with Crippen LogP contribution in [-0.4, -0.2) is 40.9 Å². The molecule has 4 nitrogen and oxygen atoms in total. The van der Waals surface area contributed by atoms with Gasteiger partial charge in [-0.05, 0) is 30.7 Å². The topological polar surface area (TPSA) is 55.8 Å². The van der Waals surface area contributed by atoms with Crippen molar-refractivity contribution in [1.29, 1.82) is 0 Å². The fourth-order valence-corrected chi connectivity index (χ4v) is 4.47. The van der Waals surface area contributed by atoms with E-state index in [1.165, 1.54) is 0 Å². The fraction of sp³-hybridized carbons (Fsp3) is 0.562. The van der Waals surface area contributed by atoms with Crippen molar-refractivity contribution in [3.63, 3.8) is 0 Å². The number of aryl methyl sites for hydroxylation is 1. The second kappa shape index (κ2) is 5.89. The molecule has 1 aromatic rings. The molecule has 1 aromatic carbocycles. The minimum absolute atomic E-state index is 0.0386. The summed E-state index contributed by atoms with van der Waals surface area (Å²) in [5, 5.41) is 9.32. The van der Waals surface area contributed by atoms with E-state index in [2.05, 4.69) is 0 Å². The molecule has 0 aliphatic carbocycles. The summed E-state index contributed by atoms with van der Waals surface area (Å²) in [5.41, 5.74) is 1.06. The van der Waals surface area contributed by atoms with Gasteiger partial charge in [0.15, 0.2) is 0 Å². The number of ether oxygens (including phenoxy) is 2. The van der Waals surface area contributed by atoms with Crippen LogP contribution in [0, 0.1) is 6.92 Å².